The molecule has 0 heterocycles. The van der Waals surface area contributed by atoms with Gasteiger partial charge in [-0.05, 0) is 37.0 Å². The van der Waals surface area contributed by atoms with Gasteiger partial charge in [-0.3, -0.25) is 4.79 Å². The average molecular weight is 275 g/mol. The van der Waals surface area contributed by atoms with Gasteiger partial charge >= 0.3 is 0 Å². The summed E-state index contributed by atoms with van der Waals surface area (Å²) in [4.78, 5) is 12.1. The highest BCUT2D eigenvalue weighted by Gasteiger charge is 2.19. The fourth-order valence-electron chi connectivity index (χ4n) is 2.06. The Morgan fingerprint density at radius 2 is 2.25 bits per heavy atom. The predicted octanol–water partition coefficient (Wildman–Crippen LogP) is 2.09. The number of carbonyl (C=O) groups excluding carboxylic acids is 1. The van der Waals surface area contributed by atoms with Crippen molar-refractivity contribution in [3.8, 4) is 11.8 Å². The van der Waals surface area contributed by atoms with Crippen LogP contribution < -0.4 is 5.32 Å². The maximum Gasteiger partial charge on any atom is 0.252 e. The van der Waals surface area contributed by atoms with E-state index in [1.165, 1.54) is 24.6 Å². The third-order valence-corrected chi connectivity index (χ3v) is 3.46. The van der Waals surface area contributed by atoms with Crippen LogP contribution in [0.3, 0.4) is 0 Å². The van der Waals surface area contributed by atoms with Crippen LogP contribution in [0.25, 0.3) is 0 Å². The smallest absolute Gasteiger partial charge is 0.252 e. The Labute approximate surface area is 118 Å². The molecule has 0 aromatic heterocycles. The summed E-state index contributed by atoms with van der Waals surface area (Å²) in [6.45, 7) is 0.616. The standard InChI is InChI=1S/C16H18FNO2/c17-14-7-8-15(13(10-14)6-1-2-9-19)16(20)18-11-12-4-3-5-12/h7-8,10,12,19H,2-5,9,11H2,(H,18,20). The Hall–Kier alpha value is -1.86. The van der Waals surface area contributed by atoms with E-state index in [4.69, 9.17) is 5.11 Å². The number of nitrogens with one attached hydrogen (secondary N) is 1. The zero-order chi connectivity index (χ0) is 14.4. The van der Waals surface area contributed by atoms with Gasteiger partial charge in [-0.15, -0.1) is 0 Å². The van der Waals surface area contributed by atoms with Crippen molar-refractivity contribution in [3.63, 3.8) is 0 Å². The van der Waals surface area contributed by atoms with Gasteiger partial charge in [0, 0.05) is 18.5 Å². The van der Waals surface area contributed by atoms with Crippen LogP contribution >= 0.6 is 0 Å². The predicted molar refractivity (Wildman–Crippen MR) is 74.7 cm³/mol. The number of rotatable bonds is 4. The van der Waals surface area contributed by atoms with E-state index in [0.717, 1.165) is 12.8 Å². The monoisotopic (exact) mass is 275 g/mol. The molecule has 1 aliphatic rings. The normalized spacial score (nSPS) is 14.1. The number of benzene rings is 1. The zero-order valence-electron chi connectivity index (χ0n) is 11.3. The van der Waals surface area contributed by atoms with Crippen LogP contribution in [0.2, 0.25) is 0 Å². The highest BCUT2D eigenvalue weighted by atomic mass is 19.1. The van der Waals surface area contributed by atoms with Crippen molar-refractivity contribution in [3.05, 3.63) is 35.1 Å². The van der Waals surface area contributed by atoms with E-state index in [9.17, 15) is 9.18 Å². The molecular formula is C16H18FNO2. The first kappa shape index (κ1) is 14.5. The molecule has 0 unspecified atom stereocenters. The third-order valence-electron chi connectivity index (χ3n) is 3.46. The van der Waals surface area contributed by atoms with Crippen LogP contribution in [-0.4, -0.2) is 24.2 Å². The Balaban J connectivity index is 2.08. The lowest BCUT2D eigenvalue weighted by Gasteiger charge is -2.25. The Bertz CT molecular complexity index is 541. The molecule has 0 saturated heterocycles. The molecule has 20 heavy (non-hydrogen) atoms. The number of amides is 1. The van der Waals surface area contributed by atoms with Crippen molar-refractivity contribution in [2.75, 3.05) is 13.2 Å². The molecule has 0 radical (unpaired) electrons. The second-order valence-electron chi connectivity index (χ2n) is 4.97. The van der Waals surface area contributed by atoms with Crippen LogP contribution in [0.15, 0.2) is 18.2 Å². The summed E-state index contributed by atoms with van der Waals surface area (Å²) in [5.41, 5.74) is 0.751. The summed E-state index contributed by atoms with van der Waals surface area (Å²) in [5.74, 6) is 5.39. The lowest BCUT2D eigenvalue weighted by Crippen LogP contribution is -2.32. The molecule has 1 aromatic rings. The highest BCUT2D eigenvalue weighted by Crippen LogP contribution is 2.25. The van der Waals surface area contributed by atoms with Crippen molar-refractivity contribution < 1.29 is 14.3 Å². The molecule has 2 rings (SSSR count). The maximum absolute atomic E-state index is 13.2. The summed E-state index contributed by atoms with van der Waals surface area (Å²) in [6.07, 6.45) is 3.86. The SMILES string of the molecule is O=C(NCC1CCC1)c1ccc(F)cc1C#CCCO. The fraction of sp³-hybridized carbons (Fsp3) is 0.438. The molecular weight excluding hydrogens is 257 g/mol. The summed E-state index contributed by atoms with van der Waals surface area (Å²) >= 11 is 0. The Morgan fingerprint density at radius 1 is 1.45 bits per heavy atom. The molecule has 3 nitrogen and oxygen atoms in total. The van der Waals surface area contributed by atoms with Gasteiger partial charge in [-0.25, -0.2) is 4.39 Å². The second kappa shape index (κ2) is 7.06. The lowest BCUT2D eigenvalue weighted by atomic mass is 9.85. The van der Waals surface area contributed by atoms with Crippen LogP contribution in [0.5, 0.6) is 0 Å². The van der Waals surface area contributed by atoms with Gasteiger partial charge in [-0.2, -0.15) is 0 Å². The Kier molecular flexibility index (Phi) is 5.14. The van der Waals surface area contributed by atoms with Crippen LogP contribution in [0.4, 0.5) is 4.39 Å². The number of halogens is 1. The third kappa shape index (κ3) is 3.82. The fourth-order valence-corrected chi connectivity index (χ4v) is 2.06. The second-order valence-corrected chi connectivity index (χ2v) is 4.97. The van der Waals surface area contributed by atoms with E-state index >= 15 is 0 Å². The van der Waals surface area contributed by atoms with E-state index < -0.39 is 5.82 Å². The summed E-state index contributed by atoms with van der Waals surface area (Å²) in [7, 11) is 0. The number of hydrogen-bond acceptors (Lipinski definition) is 2. The molecule has 0 bridgehead atoms. The summed E-state index contributed by atoms with van der Waals surface area (Å²) in [5, 5.41) is 11.6. The lowest BCUT2D eigenvalue weighted by molar-refractivity contribution is 0.0939. The minimum atomic E-state index is -0.422. The quantitative estimate of drug-likeness (QED) is 0.827. The highest BCUT2D eigenvalue weighted by molar-refractivity contribution is 5.96. The Morgan fingerprint density at radius 3 is 2.90 bits per heavy atom. The van der Waals surface area contributed by atoms with Crippen LogP contribution in [-0.2, 0) is 0 Å². The molecule has 2 N–H and O–H groups in total. The molecule has 0 atom stereocenters. The van der Waals surface area contributed by atoms with Crippen LogP contribution in [0, 0.1) is 23.6 Å². The van der Waals surface area contributed by atoms with Gasteiger partial charge in [0.25, 0.3) is 5.91 Å². The minimum Gasteiger partial charge on any atom is -0.395 e. The van der Waals surface area contributed by atoms with Crippen LogP contribution in [0.1, 0.15) is 41.6 Å². The largest absolute Gasteiger partial charge is 0.395 e. The van der Waals surface area contributed by atoms with Crippen molar-refractivity contribution in [1.82, 2.24) is 5.32 Å². The molecule has 0 aliphatic heterocycles. The number of aliphatic hydroxyl groups excluding tert-OH is 1. The number of hydrogen-bond donors (Lipinski definition) is 2. The summed E-state index contributed by atoms with van der Waals surface area (Å²) in [6, 6.07) is 3.96. The maximum atomic E-state index is 13.2. The van der Waals surface area contributed by atoms with Crippen molar-refractivity contribution >= 4 is 5.91 Å². The first-order chi connectivity index (χ1) is 9.70. The minimum absolute atomic E-state index is 0.0501. The van der Waals surface area contributed by atoms with Gasteiger partial charge in [0.15, 0.2) is 0 Å². The van der Waals surface area contributed by atoms with Gasteiger partial charge in [0.1, 0.15) is 5.82 Å². The summed E-state index contributed by atoms with van der Waals surface area (Å²) < 4.78 is 13.2. The van der Waals surface area contributed by atoms with Gasteiger partial charge in [0.05, 0.1) is 12.2 Å². The van der Waals surface area contributed by atoms with E-state index in [0.29, 0.717) is 30.0 Å². The van der Waals surface area contributed by atoms with E-state index in [2.05, 4.69) is 17.2 Å². The topological polar surface area (TPSA) is 49.3 Å². The van der Waals surface area contributed by atoms with Crippen molar-refractivity contribution in [1.29, 1.82) is 0 Å². The molecule has 4 heteroatoms. The number of aliphatic hydroxyl groups is 1. The van der Waals surface area contributed by atoms with E-state index in [1.807, 2.05) is 0 Å². The molecule has 1 aromatic carbocycles. The van der Waals surface area contributed by atoms with Gasteiger partial charge in [-0.1, -0.05) is 18.3 Å². The van der Waals surface area contributed by atoms with E-state index in [1.54, 1.807) is 0 Å². The van der Waals surface area contributed by atoms with E-state index in [-0.39, 0.29) is 12.5 Å². The zero-order valence-corrected chi connectivity index (χ0v) is 11.3. The first-order valence-corrected chi connectivity index (χ1v) is 6.88. The molecule has 1 fully saturated rings. The van der Waals surface area contributed by atoms with Crippen molar-refractivity contribution in [2.45, 2.75) is 25.7 Å². The van der Waals surface area contributed by atoms with Gasteiger partial charge in [0.2, 0.25) is 0 Å². The van der Waals surface area contributed by atoms with Gasteiger partial charge < -0.3 is 10.4 Å². The number of carbonyl (C=O) groups is 1. The van der Waals surface area contributed by atoms with Crippen molar-refractivity contribution in [2.24, 2.45) is 5.92 Å². The molecule has 106 valence electrons. The molecule has 0 spiro atoms. The molecule has 1 amide bonds. The molecule has 1 aliphatic carbocycles. The first-order valence-electron chi connectivity index (χ1n) is 6.88. The average Bonchev–Trinajstić information content (AvgIpc) is 2.37. The molecule has 1 saturated carbocycles.